The van der Waals surface area contributed by atoms with Crippen LogP contribution >= 0.6 is 27.5 Å². The Balaban J connectivity index is 2.30. The molecule has 7 heteroatoms. The van der Waals surface area contributed by atoms with Crippen LogP contribution in [0.25, 0.3) is 0 Å². The molecule has 0 atom stereocenters. The molecule has 0 saturated heterocycles. The van der Waals surface area contributed by atoms with Gasteiger partial charge in [-0.1, -0.05) is 39.7 Å². The van der Waals surface area contributed by atoms with Crippen molar-refractivity contribution in [3.8, 4) is 6.07 Å². The lowest BCUT2D eigenvalue weighted by Gasteiger charge is -2.10. The molecule has 4 nitrogen and oxygen atoms in total. The fourth-order valence-electron chi connectivity index (χ4n) is 1.66. The van der Waals surface area contributed by atoms with E-state index in [4.69, 9.17) is 16.9 Å². The zero-order valence-corrected chi connectivity index (χ0v) is 13.8. The van der Waals surface area contributed by atoms with Crippen molar-refractivity contribution in [1.29, 1.82) is 5.26 Å². The van der Waals surface area contributed by atoms with E-state index < -0.39 is 10.0 Å². The predicted molar refractivity (Wildman–Crippen MR) is 85.7 cm³/mol. The molecule has 0 radical (unpaired) electrons. The molecule has 1 N–H and O–H groups in total. The normalized spacial score (nSPS) is 10.9. The molecule has 0 bridgehead atoms. The molecule has 0 aliphatic heterocycles. The maximum Gasteiger partial charge on any atom is 0.261 e. The lowest BCUT2D eigenvalue weighted by Crippen LogP contribution is -2.13. The van der Waals surface area contributed by atoms with Gasteiger partial charge in [-0.25, -0.2) is 8.42 Å². The largest absolute Gasteiger partial charge is 0.278 e. The van der Waals surface area contributed by atoms with Crippen LogP contribution in [-0.2, 0) is 16.4 Å². The summed E-state index contributed by atoms with van der Waals surface area (Å²) in [6.07, 6.45) is 0.241. The Morgan fingerprint density at radius 3 is 2.48 bits per heavy atom. The van der Waals surface area contributed by atoms with Gasteiger partial charge >= 0.3 is 0 Å². The topological polar surface area (TPSA) is 70.0 Å². The van der Waals surface area contributed by atoms with Gasteiger partial charge < -0.3 is 0 Å². The van der Waals surface area contributed by atoms with Crippen molar-refractivity contribution in [2.45, 2.75) is 11.3 Å². The Hall–Kier alpha value is -1.55. The van der Waals surface area contributed by atoms with Crippen LogP contribution in [0.4, 0.5) is 5.69 Å². The first kappa shape index (κ1) is 15.8. The maximum atomic E-state index is 12.3. The van der Waals surface area contributed by atoms with Crippen LogP contribution in [-0.4, -0.2) is 8.42 Å². The summed E-state index contributed by atoms with van der Waals surface area (Å²) in [6.45, 7) is 0. The molecule has 0 aromatic heterocycles. The number of hydrogen-bond acceptors (Lipinski definition) is 3. The van der Waals surface area contributed by atoms with Crippen LogP contribution in [0.1, 0.15) is 5.56 Å². The number of halogens is 2. The second-order valence-electron chi connectivity index (χ2n) is 4.21. The van der Waals surface area contributed by atoms with Gasteiger partial charge in [0.2, 0.25) is 0 Å². The minimum Gasteiger partial charge on any atom is -0.278 e. The standard InChI is InChI=1S/C14H10BrClN2O2S/c15-11-3-6-13(16)14(9-11)18-21(19,20)12-4-1-10(2-5-12)7-8-17/h1-6,9,18H,7H2. The summed E-state index contributed by atoms with van der Waals surface area (Å²) in [5.41, 5.74) is 1.06. The SMILES string of the molecule is N#CCc1ccc(S(=O)(=O)Nc2cc(Br)ccc2Cl)cc1. The Kier molecular flexibility index (Phi) is 4.88. The van der Waals surface area contributed by atoms with E-state index in [1.54, 1.807) is 30.3 Å². The number of benzene rings is 2. The molecule has 0 spiro atoms. The van der Waals surface area contributed by atoms with E-state index in [2.05, 4.69) is 20.7 Å². The molecule has 0 unspecified atom stereocenters. The Bertz CT molecular complexity index is 799. The molecule has 21 heavy (non-hydrogen) atoms. The lowest BCUT2D eigenvalue weighted by atomic mass is 10.2. The number of sulfonamides is 1. The first-order valence-corrected chi connectivity index (χ1v) is 8.51. The van der Waals surface area contributed by atoms with Gasteiger partial charge in [0.1, 0.15) is 0 Å². The molecule has 0 heterocycles. The van der Waals surface area contributed by atoms with Gasteiger partial charge in [0.15, 0.2) is 0 Å². The van der Waals surface area contributed by atoms with Crippen molar-refractivity contribution in [2.24, 2.45) is 0 Å². The van der Waals surface area contributed by atoms with E-state index in [0.29, 0.717) is 15.2 Å². The van der Waals surface area contributed by atoms with Gasteiger partial charge in [-0.15, -0.1) is 0 Å². The van der Waals surface area contributed by atoms with E-state index in [9.17, 15) is 8.42 Å². The predicted octanol–water partition coefficient (Wildman–Crippen LogP) is 3.97. The minimum atomic E-state index is -3.72. The summed E-state index contributed by atoms with van der Waals surface area (Å²) in [4.78, 5) is 0.111. The van der Waals surface area contributed by atoms with Crippen molar-refractivity contribution < 1.29 is 8.42 Å². The summed E-state index contributed by atoms with van der Waals surface area (Å²) in [7, 11) is -3.72. The van der Waals surface area contributed by atoms with Crippen LogP contribution in [0.3, 0.4) is 0 Å². The molecule has 2 aromatic carbocycles. The van der Waals surface area contributed by atoms with Gasteiger partial charge in [0.25, 0.3) is 10.0 Å². The van der Waals surface area contributed by atoms with Gasteiger partial charge in [-0.3, -0.25) is 4.72 Å². The minimum absolute atomic E-state index is 0.111. The van der Waals surface area contributed by atoms with Crippen LogP contribution < -0.4 is 4.72 Å². The third-order valence-corrected chi connectivity index (χ3v) is 4.89. The van der Waals surface area contributed by atoms with Gasteiger partial charge in [-0.05, 0) is 35.9 Å². The van der Waals surface area contributed by atoms with Crippen LogP contribution in [0.5, 0.6) is 0 Å². The number of hydrogen-bond donors (Lipinski definition) is 1. The monoisotopic (exact) mass is 384 g/mol. The van der Waals surface area contributed by atoms with E-state index >= 15 is 0 Å². The second-order valence-corrected chi connectivity index (χ2v) is 7.21. The third kappa shape index (κ3) is 3.97. The Morgan fingerprint density at radius 2 is 1.86 bits per heavy atom. The molecule has 0 amide bonds. The quantitative estimate of drug-likeness (QED) is 0.865. The first-order chi connectivity index (χ1) is 9.92. The number of rotatable bonds is 4. The second kappa shape index (κ2) is 6.48. The molecule has 0 saturated carbocycles. The molecule has 2 rings (SSSR count). The number of nitrogens with zero attached hydrogens (tertiary/aromatic N) is 1. The van der Waals surface area contributed by atoms with Crippen molar-refractivity contribution >= 4 is 43.2 Å². The maximum absolute atomic E-state index is 12.3. The number of anilines is 1. The highest BCUT2D eigenvalue weighted by atomic mass is 79.9. The van der Waals surface area contributed by atoms with Crippen molar-refractivity contribution in [1.82, 2.24) is 0 Å². The lowest BCUT2D eigenvalue weighted by molar-refractivity contribution is 0.601. The summed E-state index contributed by atoms with van der Waals surface area (Å²) in [5, 5.41) is 8.91. The van der Waals surface area contributed by atoms with Gasteiger partial charge in [0, 0.05) is 4.47 Å². The zero-order valence-electron chi connectivity index (χ0n) is 10.7. The summed E-state index contributed by atoms with van der Waals surface area (Å²) in [6, 6.07) is 13.1. The highest BCUT2D eigenvalue weighted by Gasteiger charge is 2.15. The highest BCUT2D eigenvalue weighted by Crippen LogP contribution is 2.28. The van der Waals surface area contributed by atoms with Crippen LogP contribution in [0.15, 0.2) is 51.8 Å². The van der Waals surface area contributed by atoms with Crippen LogP contribution in [0, 0.1) is 11.3 Å². The van der Waals surface area contributed by atoms with E-state index in [1.807, 2.05) is 6.07 Å². The molecular weight excluding hydrogens is 376 g/mol. The molecule has 0 aliphatic carbocycles. The number of nitrogens with one attached hydrogen (secondary N) is 1. The van der Waals surface area contributed by atoms with Gasteiger partial charge in [-0.2, -0.15) is 5.26 Å². The molecular formula is C14H10BrClN2O2S. The zero-order chi connectivity index (χ0) is 15.5. The Labute approximate surface area is 136 Å². The average Bonchev–Trinajstić information content (AvgIpc) is 2.44. The fourth-order valence-corrected chi connectivity index (χ4v) is 3.31. The molecule has 0 aliphatic rings. The highest BCUT2D eigenvalue weighted by molar-refractivity contribution is 9.10. The molecule has 0 fully saturated rings. The van der Waals surface area contributed by atoms with Crippen molar-refractivity contribution in [3.63, 3.8) is 0 Å². The average molecular weight is 386 g/mol. The molecule has 2 aromatic rings. The van der Waals surface area contributed by atoms with Crippen LogP contribution in [0.2, 0.25) is 5.02 Å². The summed E-state index contributed by atoms with van der Waals surface area (Å²) >= 11 is 9.24. The smallest absolute Gasteiger partial charge is 0.261 e. The van der Waals surface area contributed by atoms with E-state index in [-0.39, 0.29) is 11.3 Å². The van der Waals surface area contributed by atoms with E-state index in [0.717, 1.165) is 5.56 Å². The third-order valence-electron chi connectivity index (χ3n) is 2.69. The first-order valence-electron chi connectivity index (χ1n) is 5.86. The van der Waals surface area contributed by atoms with Gasteiger partial charge in [0.05, 0.1) is 28.1 Å². The molecule has 108 valence electrons. The summed E-state index contributed by atoms with van der Waals surface area (Å²) < 4.78 is 27.7. The van der Waals surface area contributed by atoms with E-state index in [1.165, 1.54) is 12.1 Å². The summed E-state index contributed by atoms with van der Waals surface area (Å²) in [5.74, 6) is 0. The van der Waals surface area contributed by atoms with Crippen molar-refractivity contribution in [3.05, 3.63) is 57.5 Å². The number of nitriles is 1. The fraction of sp³-hybridized carbons (Fsp3) is 0.0714. The van der Waals surface area contributed by atoms with Crippen molar-refractivity contribution in [2.75, 3.05) is 4.72 Å². The Morgan fingerprint density at radius 1 is 1.19 bits per heavy atom.